The van der Waals surface area contributed by atoms with Gasteiger partial charge in [0.05, 0.1) is 0 Å². The van der Waals surface area contributed by atoms with Gasteiger partial charge in [-0.2, -0.15) is 0 Å². The van der Waals surface area contributed by atoms with E-state index in [1.165, 1.54) is 12.0 Å². The Labute approximate surface area is 63.6 Å². The van der Waals surface area contributed by atoms with E-state index in [1.807, 2.05) is 0 Å². The summed E-state index contributed by atoms with van der Waals surface area (Å²) in [4.78, 5) is 0. The molecule has 1 aliphatic rings. The number of hydrogen-bond acceptors (Lipinski definition) is 0. The van der Waals surface area contributed by atoms with Gasteiger partial charge in [0.2, 0.25) is 0 Å². The maximum atomic E-state index is 2.38. The predicted molar refractivity (Wildman–Crippen MR) is 45.9 cm³/mol. The van der Waals surface area contributed by atoms with Gasteiger partial charge in [-0.1, -0.05) is 30.2 Å². The summed E-state index contributed by atoms with van der Waals surface area (Å²) in [5.41, 5.74) is 3.13. The smallest absolute Gasteiger partial charge is 0.0139 e. The first-order chi connectivity index (χ1) is 4.74. The van der Waals surface area contributed by atoms with Crippen LogP contribution in [0.2, 0.25) is 0 Å². The highest BCUT2D eigenvalue weighted by Crippen LogP contribution is 2.37. The van der Waals surface area contributed by atoms with Crippen molar-refractivity contribution in [3.8, 4) is 0 Å². The van der Waals surface area contributed by atoms with Gasteiger partial charge in [-0.25, -0.2) is 0 Å². The molecule has 0 amide bonds. The summed E-state index contributed by atoms with van der Waals surface area (Å²) >= 11 is 0. The predicted octanol–water partition coefficient (Wildman–Crippen LogP) is 3.31. The maximum Gasteiger partial charge on any atom is -0.0139 e. The highest BCUT2D eigenvalue weighted by molar-refractivity contribution is 5.23. The van der Waals surface area contributed by atoms with E-state index in [9.17, 15) is 0 Å². The van der Waals surface area contributed by atoms with Gasteiger partial charge in [0.25, 0.3) is 0 Å². The zero-order chi connectivity index (χ0) is 7.56. The van der Waals surface area contributed by atoms with Gasteiger partial charge in [-0.3, -0.25) is 0 Å². The average molecular weight is 136 g/mol. The van der Waals surface area contributed by atoms with Crippen molar-refractivity contribution in [2.45, 2.75) is 33.6 Å². The Morgan fingerprint density at radius 2 is 2.30 bits per heavy atom. The quantitative estimate of drug-likeness (QED) is 0.511. The summed E-state index contributed by atoms with van der Waals surface area (Å²) in [6.45, 7) is 6.57. The van der Waals surface area contributed by atoms with Gasteiger partial charge >= 0.3 is 0 Å². The highest BCUT2D eigenvalue weighted by Gasteiger charge is 2.22. The fourth-order valence-corrected chi connectivity index (χ4v) is 0.989. The minimum absolute atomic E-state index is 0.893. The van der Waals surface area contributed by atoms with Crippen molar-refractivity contribution in [2.24, 2.45) is 5.92 Å². The Kier molecular flexibility index (Phi) is 2.31. The first kappa shape index (κ1) is 7.59. The molecule has 0 aromatic heterocycles. The molecule has 0 aromatic rings. The molecule has 1 saturated carbocycles. The Bertz CT molecular complexity index is 172. The van der Waals surface area contributed by atoms with Gasteiger partial charge in [0.15, 0.2) is 0 Å². The first-order valence-corrected chi connectivity index (χ1v) is 4.04. The van der Waals surface area contributed by atoms with Crippen LogP contribution < -0.4 is 0 Å². The maximum absolute atomic E-state index is 2.38. The molecule has 0 heterocycles. The fourth-order valence-electron chi connectivity index (χ4n) is 0.989. The second kappa shape index (κ2) is 3.05. The summed E-state index contributed by atoms with van der Waals surface area (Å²) in [6.07, 6.45) is 7.07. The average Bonchev–Trinajstić information content (AvgIpc) is 2.61. The van der Waals surface area contributed by atoms with E-state index in [0.29, 0.717) is 0 Å². The molecule has 0 heteroatoms. The molecule has 1 rings (SSSR count). The molecule has 56 valence electrons. The summed E-state index contributed by atoms with van der Waals surface area (Å²) in [6, 6.07) is 0. The third-order valence-electron chi connectivity index (χ3n) is 2.19. The molecule has 0 bridgehead atoms. The molecule has 1 atom stereocenters. The molecule has 0 N–H and O–H groups in total. The summed E-state index contributed by atoms with van der Waals surface area (Å²) in [5.74, 6) is 0.893. The fraction of sp³-hybridized carbons (Fsp3) is 0.600. The van der Waals surface area contributed by atoms with Crippen LogP contribution in [0.4, 0.5) is 0 Å². The third kappa shape index (κ3) is 2.02. The van der Waals surface area contributed by atoms with E-state index >= 15 is 0 Å². The van der Waals surface area contributed by atoms with Crippen LogP contribution >= 0.6 is 0 Å². The van der Waals surface area contributed by atoms with Crippen LogP contribution in [-0.4, -0.2) is 0 Å². The van der Waals surface area contributed by atoms with Crippen LogP contribution in [-0.2, 0) is 0 Å². The van der Waals surface area contributed by atoms with E-state index in [4.69, 9.17) is 0 Å². The van der Waals surface area contributed by atoms with Gasteiger partial charge < -0.3 is 0 Å². The highest BCUT2D eigenvalue weighted by atomic mass is 14.3. The third-order valence-corrected chi connectivity index (χ3v) is 2.19. The van der Waals surface area contributed by atoms with Crippen molar-refractivity contribution in [1.82, 2.24) is 0 Å². The summed E-state index contributed by atoms with van der Waals surface area (Å²) in [7, 11) is 0. The van der Waals surface area contributed by atoms with E-state index in [1.54, 1.807) is 5.57 Å². The zero-order valence-corrected chi connectivity index (χ0v) is 7.15. The lowest BCUT2D eigenvalue weighted by molar-refractivity contribution is 1.02. The molecule has 1 aliphatic carbocycles. The van der Waals surface area contributed by atoms with Crippen molar-refractivity contribution in [3.05, 3.63) is 23.3 Å². The van der Waals surface area contributed by atoms with E-state index in [2.05, 4.69) is 32.9 Å². The van der Waals surface area contributed by atoms with Crippen molar-refractivity contribution >= 4 is 0 Å². The topological polar surface area (TPSA) is 0 Å². The largest absolute Gasteiger partial charge is 0.0884 e. The van der Waals surface area contributed by atoms with Crippen LogP contribution in [0.15, 0.2) is 23.3 Å². The van der Waals surface area contributed by atoms with Crippen LogP contribution in [0.3, 0.4) is 0 Å². The molecule has 0 aliphatic heterocycles. The number of hydrogen-bond donors (Lipinski definition) is 0. The van der Waals surface area contributed by atoms with E-state index in [0.717, 1.165) is 12.3 Å². The minimum Gasteiger partial charge on any atom is -0.0884 e. The lowest BCUT2D eigenvalue weighted by Gasteiger charge is -1.89. The number of rotatable bonds is 2. The second-order valence-electron chi connectivity index (χ2n) is 3.22. The Morgan fingerprint density at radius 3 is 2.70 bits per heavy atom. The van der Waals surface area contributed by atoms with Gasteiger partial charge in [-0.15, -0.1) is 0 Å². The second-order valence-corrected chi connectivity index (χ2v) is 3.22. The van der Waals surface area contributed by atoms with Crippen LogP contribution in [0.1, 0.15) is 33.6 Å². The summed E-state index contributed by atoms with van der Waals surface area (Å²) < 4.78 is 0. The molecule has 1 unspecified atom stereocenters. The van der Waals surface area contributed by atoms with Crippen LogP contribution in [0.5, 0.6) is 0 Å². The van der Waals surface area contributed by atoms with E-state index < -0.39 is 0 Å². The normalized spacial score (nSPS) is 29.3. The monoisotopic (exact) mass is 136 g/mol. The van der Waals surface area contributed by atoms with Crippen LogP contribution in [0, 0.1) is 5.92 Å². The Hall–Kier alpha value is -0.520. The minimum atomic E-state index is 0.893. The molecule has 10 heavy (non-hydrogen) atoms. The van der Waals surface area contributed by atoms with Gasteiger partial charge in [-0.05, 0) is 32.6 Å². The summed E-state index contributed by atoms with van der Waals surface area (Å²) in [5, 5.41) is 0. The Morgan fingerprint density at radius 1 is 1.70 bits per heavy atom. The van der Waals surface area contributed by atoms with Crippen molar-refractivity contribution in [1.29, 1.82) is 0 Å². The molecular weight excluding hydrogens is 120 g/mol. The van der Waals surface area contributed by atoms with Crippen LogP contribution in [0.25, 0.3) is 0 Å². The molecular formula is C10H16. The SMILES string of the molecule is CC=C(C)CC=C1CC1C. The lowest BCUT2D eigenvalue weighted by Crippen LogP contribution is -1.69. The Balaban J connectivity index is 2.29. The molecule has 0 spiro atoms. The molecule has 0 aromatic carbocycles. The van der Waals surface area contributed by atoms with Gasteiger partial charge in [0, 0.05) is 0 Å². The zero-order valence-electron chi connectivity index (χ0n) is 7.15. The molecule has 1 fully saturated rings. The van der Waals surface area contributed by atoms with Crippen molar-refractivity contribution in [2.75, 3.05) is 0 Å². The molecule has 0 radical (unpaired) electrons. The standard InChI is InChI=1S/C10H16/c1-4-8(2)5-6-10-7-9(10)3/h4,6,9H,5,7H2,1-3H3. The lowest BCUT2D eigenvalue weighted by atomic mass is 10.2. The molecule has 0 saturated heterocycles. The number of allylic oxidation sites excluding steroid dienone is 4. The van der Waals surface area contributed by atoms with Crippen molar-refractivity contribution in [3.63, 3.8) is 0 Å². The first-order valence-electron chi connectivity index (χ1n) is 4.04. The van der Waals surface area contributed by atoms with Crippen molar-refractivity contribution < 1.29 is 0 Å². The molecule has 0 nitrogen and oxygen atoms in total. The van der Waals surface area contributed by atoms with E-state index in [-0.39, 0.29) is 0 Å². The van der Waals surface area contributed by atoms with Gasteiger partial charge in [0.1, 0.15) is 0 Å².